The minimum absolute atomic E-state index is 0.0301. The molecule has 0 aromatic heterocycles. The van der Waals surface area contributed by atoms with Crippen LogP contribution in [-0.4, -0.2) is 25.2 Å². The van der Waals surface area contributed by atoms with Crippen molar-refractivity contribution in [3.63, 3.8) is 0 Å². The van der Waals surface area contributed by atoms with Gasteiger partial charge in [0.05, 0.1) is 18.9 Å². The van der Waals surface area contributed by atoms with E-state index in [0.717, 1.165) is 0 Å². The van der Waals surface area contributed by atoms with Crippen molar-refractivity contribution in [1.29, 1.82) is 0 Å². The molecule has 1 aliphatic rings. The Morgan fingerprint density at radius 1 is 0.929 bits per heavy atom. The summed E-state index contributed by atoms with van der Waals surface area (Å²) in [5.74, 6) is -0.779. The molecule has 0 N–H and O–H groups in total. The van der Waals surface area contributed by atoms with Gasteiger partial charge in [0.15, 0.2) is 0 Å². The number of carbonyl (C=O) groups is 2. The SMILES string of the molecule is CCOC(=O)[C@@H](CC(=O)OCC1c2ccccc2-c2ccccc21)CC(C)C. The molecule has 0 saturated heterocycles. The van der Waals surface area contributed by atoms with Crippen molar-refractivity contribution >= 4 is 11.9 Å². The van der Waals surface area contributed by atoms with Gasteiger partial charge in [-0.1, -0.05) is 62.4 Å². The number of benzene rings is 2. The summed E-state index contributed by atoms with van der Waals surface area (Å²) in [7, 11) is 0. The highest BCUT2D eigenvalue weighted by Gasteiger charge is 2.30. The molecule has 2 aromatic carbocycles. The fourth-order valence-electron chi connectivity index (χ4n) is 3.97. The van der Waals surface area contributed by atoms with Gasteiger partial charge in [-0.05, 0) is 41.5 Å². The lowest BCUT2D eigenvalue weighted by Crippen LogP contribution is -2.24. The van der Waals surface area contributed by atoms with Crippen molar-refractivity contribution in [3.8, 4) is 11.1 Å². The van der Waals surface area contributed by atoms with Gasteiger partial charge in [0.2, 0.25) is 0 Å². The summed E-state index contributed by atoms with van der Waals surface area (Å²) < 4.78 is 10.8. The summed E-state index contributed by atoms with van der Waals surface area (Å²) in [4.78, 5) is 24.7. The summed E-state index contributed by atoms with van der Waals surface area (Å²) in [6.07, 6.45) is 0.677. The molecule has 0 saturated carbocycles. The second kappa shape index (κ2) is 9.05. The highest BCUT2D eigenvalue weighted by atomic mass is 16.5. The molecule has 0 bridgehead atoms. The van der Waals surface area contributed by atoms with Crippen molar-refractivity contribution in [2.75, 3.05) is 13.2 Å². The fraction of sp³-hybridized carbons (Fsp3) is 0.417. The molecule has 4 heteroatoms. The minimum atomic E-state index is -0.449. The Bertz CT molecular complexity index is 795. The molecule has 0 amide bonds. The summed E-state index contributed by atoms with van der Waals surface area (Å²) >= 11 is 0. The summed E-state index contributed by atoms with van der Waals surface area (Å²) in [6, 6.07) is 16.5. The van der Waals surface area contributed by atoms with Crippen LogP contribution in [0.5, 0.6) is 0 Å². The molecule has 0 unspecified atom stereocenters. The van der Waals surface area contributed by atoms with Gasteiger partial charge in [0.25, 0.3) is 0 Å². The highest BCUT2D eigenvalue weighted by molar-refractivity contribution is 5.81. The average molecular weight is 380 g/mol. The van der Waals surface area contributed by atoms with Gasteiger partial charge in [-0.25, -0.2) is 0 Å². The van der Waals surface area contributed by atoms with E-state index in [4.69, 9.17) is 9.47 Å². The van der Waals surface area contributed by atoms with E-state index in [0.29, 0.717) is 18.9 Å². The molecule has 4 nitrogen and oxygen atoms in total. The second-order valence-electron chi connectivity index (χ2n) is 7.69. The Morgan fingerprint density at radius 2 is 1.50 bits per heavy atom. The maximum Gasteiger partial charge on any atom is 0.309 e. The third kappa shape index (κ3) is 4.44. The molecule has 0 heterocycles. The molecule has 0 spiro atoms. The molecular weight excluding hydrogens is 352 g/mol. The molecule has 0 aliphatic heterocycles. The number of esters is 2. The number of carbonyl (C=O) groups excluding carboxylic acids is 2. The standard InChI is InChI=1S/C24H28O4/c1-4-27-24(26)17(13-16(2)3)14-23(25)28-15-22-20-11-7-5-9-18(20)19-10-6-8-12-21(19)22/h5-12,16-17,22H,4,13-15H2,1-3H3/t17-/m1/s1. The first kappa shape index (κ1) is 20.1. The van der Waals surface area contributed by atoms with Crippen molar-refractivity contribution in [3.05, 3.63) is 59.7 Å². The first-order chi connectivity index (χ1) is 13.5. The van der Waals surface area contributed by atoms with Gasteiger partial charge in [-0.3, -0.25) is 9.59 Å². The Labute approximate surface area is 166 Å². The number of hydrogen-bond donors (Lipinski definition) is 0. The molecule has 3 rings (SSSR count). The van der Waals surface area contributed by atoms with E-state index < -0.39 is 5.92 Å². The molecule has 148 valence electrons. The Hall–Kier alpha value is -2.62. The van der Waals surface area contributed by atoms with E-state index in [9.17, 15) is 9.59 Å². The van der Waals surface area contributed by atoms with Gasteiger partial charge in [-0.2, -0.15) is 0 Å². The Balaban J connectivity index is 1.68. The van der Waals surface area contributed by atoms with Crippen LogP contribution in [0.25, 0.3) is 11.1 Å². The molecule has 0 fully saturated rings. The summed E-state index contributed by atoms with van der Waals surface area (Å²) in [6.45, 7) is 6.44. The molecule has 1 atom stereocenters. The zero-order valence-corrected chi connectivity index (χ0v) is 16.8. The summed E-state index contributed by atoms with van der Waals surface area (Å²) in [5, 5.41) is 0. The van der Waals surface area contributed by atoms with Crippen LogP contribution in [-0.2, 0) is 19.1 Å². The quantitative estimate of drug-likeness (QED) is 0.608. The molecule has 2 aromatic rings. The summed E-state index contributed by atoms with van der Waals surface area (Å²) in [5.41, 5.74) is 4.76. The number of ether oxygens (including phenoxy) is 2. The van der Waals surface area contributed by atoms with E-state index in [1.807, 2.05) is 38.1 Å². The van der Waals surface area contributed by atoms with Gasteiger partial charge >= 0.3 is 11.9 Å². The monoisotopic (exact) mass is 380 g/mol. The predicted octanol–water partition coefficient (Wildman–Crippen LogP) is 4.96. The van der Waals surface area contributed by atoms with Gasteiger partial charge in [-0.15, -0.1) is 0 Å². The maximum atomic E-state index is 12.5. The normalized spacial score (nSPS) is 13.7. The number of fused-ring (bicyclic) bond motifs is 3. The van der Waals surface area contributed by atoms with E-state index in [-0.39, 0.29) is 30.9 Å². The van der Waals surface area contributed by atoms with Crippen molar-refractivity contribution in [2.45, 2.75) is 39.5 Å². The van der Waals surface area contributed by atoms with Gasteiger partial charge in [0, 0.05) is 5.92 Å². The van der Waals surface area contributed by atoms with Crippen molar-refractivity contribution < 1.29 is 19.1 Å². The van der Waals surface area contributed by atoms with E-state index in [1.54, 1.807) is 6.92 Å². The van der Waals surface area contributed by atoms with Crippen LogP contribution >= 0.6 is 0 Å². The molecular formula is C24H28O4. The van der Waals surface area contributed by atoms with Crippen LogP contribution in [0.15, 0.2) is 48.5 Å². The number of rotatable bonds is 8. The topological polar surface area (TPSA) is 52.6 Å². The van der Waals surface area contributed by atoms with Crippen molar-refractivity contribution in [2.24, 2.45) is 11.8 Å². The molecule has 28 heavy (non-hydrogen) atoms. The van der Waals surface area contributed by atoms with Crippen molar-refractivity contribution in [1.82, 2.24) is 0 Å². The Morgan fingerprint density at radius 3 is 2.04 bits per heavy atom. The lowest BCUT2D eigenvalue weighted by molar-refractivity contribution is -0.155. The highest BCUT2D eigenvalue weighted by Crippen LogP contribution is 2.44. The molecule has 0 radical (unpaired) electrons. The lowest BCUT2D eigenvalue weighted by Gasteiger charge is -2.18. The van der Waals surface area contributed by atoms with Gasteiger partial charge in [0.1, 0.15) is 6.61 Å². The third-order valence-corrected chi connectivity index (χ3v) is 5.16. The van der Waals surface area contributed by atoms with Crippen LogP contribution in [0.3, 0.4) is 0 Å². The largest absolute Gasteiger partial charge is 0.466 e. The minimum Gasteiger partial charge on any atom is -0.466 e. The van der Waals surface area contributed by atoms with E-state index in [2.05, 4.69) is 24.3 Å². The lowest BCUT2D eigenvalue weighted by atomic mass is 9.94. The predicted molar refractivity (Wildman–Crippen MR) is 109 cm³/mol. The maximum absolute atomic E-state index is 12.5. The zero-order chi connectivity index (χ0) is 20.1. The second-order valence-corrected chi connectivity index (χ2v) is 7.69. The van der Waals surface area contributed by atoms with E-state index in [1.165, 1.54) is 22.3 Å². The first-order valence-corrected chi connectivity index (χ1v) is 10.0. The average Bonchev–Trinajstić information content (AvgIpc) is 3.00. The van der Waals surface area contributed by atoms with Crippen LogP contribution in [0, 0.1) is 11.8 Å². The number of hydrogen-bond acceptors (Lipinski definition) is 4. The first-order valence-electron chi connectivity index (χ1n) is 10.0. The Kier molecular flexibility index (Phi) is 6.50. The zero-order valence-electron chi connectivity index (χ0n) is 16.8. The smallest absolute Gasteiger partial charge is 0.309 e. The molecule has 1 aliphatic carbocycles. The van der Waals surface area contributed by atoms with Gasteiger partial charge < -0.3 is 9.47 Å². The van der Waals surface area contributed by atoms with E-state index >= 15 is 0 Å². The van der Waals surface area contributed by atoms with Crippen LogP contribution < -0.4 is 0 Å². The van der Waals surface area contributed by atoms with Crippen LogP contribution in [0.2, 0.25) is 0 Å². The van der Waals surface area contributed by atoms with Crippen LogP contribution in [0.1, 0.15) is 50.7 Å². The third-order valence-electron chi connectivity index (χ3n) is 5.16. The van der Waals surface area contributed by atoms with Crippen LogP contribution in [0.4, 0.5) is 0 Å². The fourth-order valence-corrected chi connectivity index (χ4v) is 3.97.